The number of primary amides is 1. The zero-order valence-electron chi connectivity index (χ0n) is 14.1. The van der Waals surface area contributed by atoms with Crippen molar-refractivity contribution in [1.82, 2.24) is 25.1 Å². The SMILES string of the molecule is C[C@H](Sc1nnc(-c2c[nH]c3ccccc23)n1C1CC1)C(=O)NC(N)=O. The highest BCUT2D eigenvalue weighted by Crippen LogP contribution is 2.42. The number of carbonyl (C=O) groups excluding carboxylic acids is 2. The Balaban J connectivity index is 1.68. The molecule has 9 heteroatoms. The molecule has 8 nitrogen and oxygen atoms in total. The predicted molar refractivity (Wildman–Crippen MR) is 98.6 cm³/mol. The van der Waals surface area contributed by atoms with Crippen LogP contribution in [0.4, 0.5) is 4.79 Å². The van der Waals surface area contributed by atoms with E-state index in [2.05, 4.69) is 25.1 Å². The molecule has 3 aromatic rings. The molecule has 1 saturated carbocycles. The summed E-state index contributed by atoms with van der Waals surface area (Å²) < 4.78 is 2.09. The molecule has 0 unspecified atom stereocenters. The molecular formula is C17H18N6O2S. The normalized spacial score (nSPS) is 15.1. The maximum absolute atomic E-state index is 12.0. The molecule has 1 aliphatic rings. The number of nitrogens with two attached hydrogens (primary N) is 1. The van der Waals surface area contributed by atoms with Crippen LogP contribution in [0.2, 0.25) is 0 Å². The highest BCUT2D eigenvalue weighted by atomic mass is 32.2. The highest BCUT2D eigenvalue weighted by molar-refractivity contribution is 8.00. The second-order valence-corrected chi connectivity index (χ2v) is 7.58. The van der Waals surface area contributed by atoms with Crippen LogP contribution in [-0.4, -0.2) is 36.9 Å². The molecule has 3 amide bonds. The minimum absolute atomic E-state index is 0.336. The summed E-state index contributed by atoms with van der Waals surface area (Å²) in [6.45, 7) is 1.71. The molecule has 1 fully saturated rings. The number of aromatic amines is 1. The molecule has 0 aliphatic heterocycles. The van der Waals surface area contributed by atoms with E-state index in [1.165, 1.54) is 11.8 Å². The van der Waals surface area contributed by atoms with E-state index in [-0.39, 0.29) is 0 Å². The molecular weight excluding hydrogens is 352 g/mol. The summed E-state index contributed by atoms with van der Waals surface area (Å²) >= 11 is 1.27. The molecule has 0 saturated heterocycles. The fourth-order valence-electron chi connectivity index (χ4n) is 2.89. The van der Waals surface area contributed by atoms with Gasteiger partial charge in [0.2, 0.25) is 5.91 Å². The van der Waals surface area contributed by atoms with Gasteiger partial charge in [0, 0.05) is 28.7 Å². The maximum Gasteiger partial charge on any atom is 0.318 e. The summed E-state index contributed by atoms with van der Waals surface area (Å²) in [5.74, 6) is 0.344. The lowest BCUT2D eigenvalue weighted by Gasteiger charge is -2.12. The molecule has 4 rings (SSSR count). The average molecular weight is 370 g/mol. The van der Waals surface area contributed by atoms with Crippen LogP contribution in [0.1, 0.15) is 25.8 Å². The third-order valence-electron chi connectivity index (χ3n) is 4.30. The van der Waals surface area contributed by atoms with Gasteiger partial charge in [-0.15, -0.1) is 10.2 Å². The number of carbonyl (C=O) groups is 2. The molecule has 2 heterocycles. The van der Waals surface area contributed by atoms with Crippen molar-refractivity contribution < 1.29 is 9.59 Å². The lowest BCUT2D eigenvalue weighted by Crippen LogP contribution is -2.39. The van der Waals surface area contributed by atoms with Crippen LogP contribution in [0.15, 0.2) is 35.6 Å². The number of amides is 3. The van der Waals surface area contributed by atoms with E-state index in [0.29, 0.717) is 11.2 Å². The third kappa shape index (κ3) is 3.05. The smallest absolute Gasteiger partial charge is 0.318 e. The van der Waals surface area contributed by atoms with Crippen LogP contribution in [-0.2, 0) is 4.79 Å². The maximum atomic E-state index is 12.0. The Morgan fingerprint density at radius 3 is 2.85 bits per heavy atom. The number of para-hydroxylation sites is 1. The van der Waals surface area contributed by atoms with Crippen LogP contribution >= 0.6 is 11.8 Å². The van der Waals surface area contributed by atoms with Crippen molar-refractivity contribution in [1.29, 1.82) is 0 Å². The monoisotopic (exact) mass is 370 g/mol. The number of nitrogens with one attached hydrogen (secondary N) is 2. The van der Waals surface area contributed by atoms with Crippen LogP contribution in [0, 0.1) is 0 Å². The van der Waals surface area contributed by atoms with Crippen molar-refractivity contribution in [3.05, 3.63) is 30.5 Å². The predicted octanol–water partition coefficient (Wildman–Crippen LogP) is 2.44. The molecule has 0 radical (unpaired) electrons. The number of rotatable bonds is 5. The number of aromatic nitrogens is 4. The van der Waals surface area contributed by atoms with E-state index >= 15 is 0 Å². The molecule has 26 heavy (non-hydrogen) atoms. The third-order valence-corrected chi connectivity index (χ3v) is 5.36. The number of urea groups is 1. The van der Waals surface area contributed by atoms with E-state index in [9.17, 15) is 9.59 Å². The van der Waals surface area contributed by atoms with Crippen molar-refractivity contribution in [3.8, 4) is 11.4 Å². The van der Waals surface area contributed by atoms with E-state index in [4.69, 9.17) is 5.73 Å². The van der Waals surface area contributed by atoms with Crippen molar-refractivity contribution in [2.45, 2.75) is 36.2 Å². The number of nitrogens with zero attached hydrogens (tertiary/aromatic N) is 3. The largest absolute Gasteiger partial charge is 0.360 e. The van der Waals surface area contributed by atoms with Gasteiger partial charge in [-0.2, -0.15) is 0 Å². The Morgan fingerprint density at radius 2 is 2.12 bits per heavy atom. The van der Waals surface area contributed by atoms with Gasteiger partial charge < -0.3 is 10.7 Å². The molecule has 1 atom stereocenters. The Morgan fingerprint density at radius 1 is 1.35 bits per heavy atom. The summed E-state index contributed by atoms with van der Waals surface area (Å²) in [6.07, 6.45) is 4.05. The van der Waals surface area contributed by atoms with E-state index in [1.54, 1.807) is 6.92 Å². The first-order valence-electron chi connectivity index (χ1n) is 8.33. The second kappa shape index (κ2) is 6.49. The minimum atomic E-state index is -0.856. The van der Waals surface area contributed by atoms with Crippen LogP contribution in [0.5, 0.6) is 0 Å². The summed E-state index contributed by atoms with van der Waals surface area (Å²) in [7, 11) is 0. The van der Waals surface area contributed by atoms with Crippen LogP contribution in [0.3, 0.4) is 0 Å². The summed E-state index contributed by atoms with van der Waals surface area (Å²) in [5.41, 5.74) is 7.04. The fourth-order valence-corrected chi connectivity index (χ4v) is 3.81. The molecule has 1 aromatic carbocycles. The number of hydrogen-bond donors (Lipinski definition) is 3. The number of benzene rings is 1. The van der Waals surface area contributed by atoms with Crippen molar-refractivity contribution >= 4 is 34.6 Å². The summed E-state index contributed by atoms with van der Waals surface area (Å²) in [5, 5.41) is 12.0. The first kappa shape index (κ1) is 16.6. The standard InChI is InChI=1S/C17H18N6O2S/c1-9(15(24)20-16(18)25)26-17-22-21-14(23(17)10-6-7-10)12-8-19-13-5-3-2-4-11(12)13/h2-5,8-10,19H,6-7H2,1H3,(H3,18,20,24,25)/t9-/m0/s1. The molecule has 0 bridgehead atoms. The lowest BCUT2D eigenvalue weighted by molar-refractivity contribution is -0.119. The van der Waals surface area contributed by atoms with Gasteiger partial charge in [-0.05, 0) is 25.8 Å². The van der Waals surface area contributed by atoms with Crippen LogP contribution in [0.25, 0.3) is 22.3 Å². The van der Waals surface area contributed by atoms with Gasteiger partial charge in [-0.1, -0.05) is 30.0 Å². The quantitative estimate of drug-likeness (QED) is 0.596. The van der Waals surface area contributed by atoms with Gasteiger partial charge in [-0.3, -0.25) is 14.7 Å². The molecule has 2 aromatic heterocycles. The van der Waals surface area contributed by atoms with Gasteiger partial charge in [0.1, 0.15) is 0 Å². The second-order valence-electron chi connectivity index (χ2n) is 6.27. The molecule has 0 spiro atoms. The Labute approximate surface area is 153 Å². The van der Waals surface area contributed by atoms with Gasteiger partial charge in [0.05, 0.1) is 5.25 Å². The van der Waals surface area contributed by atoms with E-state index < -0.39 is 17.2 Å². The molecule has 1 aliphatic carbocycles. The number of fused-ring (bicyclic) bond motifs is 1. The summed E-state index contributed by atoms with van der Waals surface area (Å²) in [6, 6.07) is 7.51. The Kier molecular flexibility index (Phi) is 4.15. The Bertz CT molecular complexity index is 990. The van der Waals surface area contributed by atoms with E-state index in [1.807, 2.05) is 30.5 Å². The van der Waals surface area contributed by atoms with Crippen LogP contribution < -0.4 is 11.1 Å². The first-order valence-corrected chi connectivity index (χ1v) is 9.21. The number of H-pyrrole nitrogens is 1. The minimum Gasteiger partial charge on any atom is -0.360 e. The first-order chi connectivity index (χ1) is 12.5. The van der Waals surface area contributed by atoms with Gasteiger partial charge in [-0.25, -0.2) is 4.79 Å². The van der Waals surface area contributed by atoms with Crippen molar-refractivity contribution in [3.63, 3.8) is 0 Å². The lowest BCUT2D eigenvalue weighted by atomic mass is 10.1. The van der Waals surface area contributed by atoms with Crippen molar-refractivity contribution in [2.75, 3.05) is 0 Å². The topological polar surface area (TPSA) is 119 Å². The highest BCUT2D eigenvalue weighted by Gasteiger charge is 2.32. The number of hydrogen-bond acceptors (Lipinski definition) is 5. The molecule has 4 N–H and O–H groups in total. The van der Waals surface area contributed by atoms with Gasteiger partial charge in [0.15, 0.2) is 11.0 Å². The molecule has 134 valence electrons. The van der Waals surface area contributed by atoms with E-state index in [0.717, 1.165) is 35.1 Å². The van der Waals surface area contributed by atoms with Gasteiger partial charge >= 0.3 is 6.03 Å². The zero-order chi connectivity index (χ0) is 18.3. The zero-order valence-corrected chi connectivity index (χ0v) is 14.9. The average Bonchev–Trinajstić information content (AvgIpc) is 3.22. The fraction of sp³-hybridized carbons (Fsp3) is 0.294. The number of thioether (sulfide) groups is 1. The number of imide groups is 1. The van der Waals surface area contributed by atoms with Crippen molar-refractivity contribution in [2.24, 2.45) is 5.73 Å². The summed E-state index contributed by atoms with van der Waals surface area (Å²) in [4.78, 5) is 26.1. The Hall–Kier alpha value is -2.81. The van der Waals surface area contributed by atoms with Gasteiger partial charge in [0.25, 0.3) is 0 Å².